The number of aromatic nitrogens is 1. The zero-order valence-corrected chi connectivity index (χ0v) is 20.2. The molecule has 0 spiro atoms. The highest BCUT2D eigenvalue weighted by Gasteiger charge is 2.33. The van der Waals surface area contributed by atoms with E-state index in [1.54, 1.807) is 11.3 Å². The van der Waals surface area contributed by atoms with E-state index >= 15 is 0 Å². The van der Waals surface area contributed by atoms with Crippen LogP contribution in [0, 0.1) is 0 Å². The van der Waals surface area contributed by atoms with Crippen molar-refractivity contribution >= 4 is 44.1 Å². The number of hydrogen-bond donors (Lipinski definition) is 0. The lowest BCUT2D eigenvalue weighted by Crippen LogP contribution is -2.43. The minimum absolute atomic E-state index is 0.217. The normalized spacial score (nSPS) is 14.6. The molecular weight excluding hydrogens is 430 g/mol. The number of benzene rings is 3. The molecule has 0 bridgehead atoms. The van der Waals surface area contributed by atoms with Crippen LogP contribution >= 0.6 is 11.3 Å². The Kier molecular flexibility index (Phi) is 5.51. The van der Waals surface area contributed by atoms with E-state index in [-0.39, 0.29) is 11.8 Å². The number of hydrogen-bond acceptors (Lipinski definition) is 5. The van der Waals surface area contributed by atoms with Crippen LogP contribution in [0.5, 0.6) is 0 Å². The Balaban J connectivity index is 1.67. The topological polar surface area (TPSA) is 53.5 Å². The molecule has 1 aromatic heterocycles. The molecule has 3 aromatic carbocycles. The highest BCUT2D eigenvalue weighted by atomic mass is 32.1. The van der Waals surface area contributed by atoms with E-state index in [0.29, 0.717) is 30.1 Å². The van der Waals surface area contributed by atoms with Crippen molar-refractivity contribution in [2.75, 3.05) is 27.2 Å². The molecule has 5 rings (SSSR count). The van der Waals surface area contributed by atoms with Gasteiger partial charge in [0.2, 0.25) is 0 Å². The van der Waals surface area contributed by atoms with Gasteiger partial charge in [0.25, 0.3) is 11.8 Å². The third-order valence-electron chi connectivity index (χ3n) is 6.55. The van der Waals surface area contributed by atoms with Crippen molar-refractivity contribution in [3.05, 3.63) is 65.2 Å². The Labute approximate surface area is 197 Å². The first-order valence-corrected chi connectivity index (χ1v) is 12.2. The molecule has 1 unspecified atom stereocenters. The number of carbonyl (C=O) groups excluding carboxylic acids is 2. The predicted molar refractivity (Wildman–Crippen MR) is 135 cm³/mol. The van der Waals surface area contributed by atoms with Gasteiger partial charge in [-0.05, 0) is 50.2 Å². The molecule has 4 aromatic rings. The number of thiazole rings is 1. The van der Waals surface area contributed by atoms with Gasteiger partial charge < -0.3 is 4.90 Å². The number of fused-ring (bicyclic) bond motifs is 2. The van der Waals surface area contributed by atoms with E-state index in [4.69, 9.17) is 4.98 Å². The Morgan fingerprint density at radius 2 is 1.79 bits per heavy atom. The van der Waals surface area contributed by atoms with Crippen LogP contribution in [0.1, 0.15) is 52.5 Å². The Morgan fingerprint density at radius 1 is 1.03 bits per heavy atom. The Morgan fingerprint density at radius 3 is 2.55 bits per heavy atom. The van der Waals surface area contributed by atoms with Gasteiger partial charge >= 0.3 is 0 Å². The lowest BCUT2D eigenvalue weighted by molar-refractivity contribution is 0.0601. The zero-order chi connectivity index (χ0) is 23.3. The summed E-state index contributed by atoms with van der Waals surface area (Å²) < 4.78 is 1.02. The number of amides is 2. The van der Waals surface area contributed by atoms with Crippen molar-refractivity contribution in [1.29, 1.82) is 0 Å². The summed E-state index contributed by atoms with van der Waals surface area (Å²) in [5, 5.41) is 2.61. The summed E-state index contributed by atoms with van der Waals surface area (Å²) in [6.45, 7) is 5.42. The number of imide groups is 1. The van der Waals surface area contributed by atoms with Gasteiger partial charge in [0.1, 0.15) is 5.01 Å². The summed E-state index contributed by atoms with van der Waals surface area (Å²) in [6.07, 6.45) is 1.08. The molecule has 0 saturated heterocycles. The SMILES string of the molecule is CCC(C)c1cccc(-c2nc3cc4c5c(cccc5c3s2)C(=O)N(CCN(C)C)C4=O)c1. The lowest BCUT2D eigenvalue weighted by Gasteiger charge is -2.28. The first-order valence-electron chi connectivity index (χ1n) is 11.4. The first kappa shape index (κ1) is 21.7. The van der Waals surface area contributed by atoms with Gasteiger partial charge in [0.15, 0.2) is 0 Å². The number of carbonyl (C=O) groups is 2. The maximum atomic E-state index is 13.4. The molecule has 2 heterocycles. The molecule has 1 aliphatic heterocycles. The van der Waals surface area contributed by atoms with Crippen molar-refractivity contribution < 1.29 is 9.59 Å². The van der Waals surface area contributed by atoms with Crippen molar-refractivity contribution in [2.45, 2.75) is 26.2 Å². The van der Waals surface area contributed by atoms with E-state index in [0.717, 1.165) is 38.0 Å². The quantitative estimate of drug-likeness (QED) is 0.344. The molecule has 0 radical (unpaired) electrons. The number of nitrogens with zero attached hydrogens (tertiary/aromatic N) is 3. The van der Waals surface area contributed by atoms with Gasteiger partial charge in [-0.25, -0.2) is 4.98 Å². The summed E-state index contributed by atoms with van der Waals surface area (Å²) in [5.74, 6) is 0.0336. The molecule has 0 fully saturated rings. The summed E-state index contributed by atoms with van der Waals surface area (Å²) in [4.78, 5) is 34.8. The average molecular weight is 458 g/mol. The van der Waals surface area contributed by atoms with Crippen LogP contribution in [-0.4, -0.2) is 53.8 Å². The summed E-state index contributed by atoms with van der Waals surface area (Å²) >= 11 is 1.62. The summed E-state index contributed by atoms with van der Waals surface area (Å²) in [5.41, 5.74) is 4.36. The predicted octanol–water partition coefficient (Wildman–Crippen LogP) is 5.79. The Bertz CT molecular complexity index is 1410. The van der Waals surface area contributed by atoms with Crippen LogP contribution < -0.4 is 0 Å². The second-order valence-electron chi connectivity index (χ2n) is 9.02. The minimum atomic E-state index is -0.235. The van der Waals surface area contributed by atoms with Crippen LogP contribution in [0.4, 0.5) is 0 Å². The molecule has 5 nitrogen and oxygen atoms in total. The van der Waals surface area contributed by atoms with Crippen LogP contribution in [0.25, 0.3) is 31.6 Å². The van der Waals surface area contributed by atoms with Crippen LogP contribution in [-0.2, 0) is 0 Å². The van der Waals surface area contributed by atoms with Gasteiger partial charge in [-0.15, -0.1) is 11.3 Å². The van der Waals surface area contributed by atoms with Gasteiger partial charge in [0.05, 0.1) is 15.8 Å². The molecular formula is C27H27N3O2S. The zero-order valence-electron chi connectivity index (χ0n) is 19.4. The molecule has 6 heteroatoms. The standard InChI is InChI=1S/C27H27N3O2S/c1-5-16(2)17-8-6-9-18(14-17)25-28-22-15-21-23-19(24(22)33-25)10-7-11-20(23)26(31)30(27(21)32)13-12-29(3)4/h6-11,14-16H,5,12-13H2,1-4H3. The van der Waals surface area contributed by atoms with E-state index in [2.05, 4.69) is 38.1 Å². The fourth-order valence-corrected chi connectivity index (χ4v) is 5.51. The molecule has 0 N–H and O–H groups in total. The van der Waals surface area contributed by atoms with Crippen LogP contribution in [0.2, 0.25) is 0 Å². The first-order chi connectivity index (χ1) is 15.9. The van der Waals surface area contributed by atoms with Crippen molar-refractivity contribution in [3.8, 4) is 10.6 Å². The summed E-state index contributed by atoms with van der Waals surface area (Å²) in [7, 11) is 3.87. The van der Waals surface area contributed by atoms with E-state index in [9.17, 15) is 9.59 Å². The van der Waals surface area contributed by atoms with Gasteiger partial charge in [0, 0.05) is 35.0 Å². The number of likely N-dealkylation sites (N-methyl/N-ethyl adjacent to an activating group) is 1. The Hall–Kier alpha value is -3.09. The molecule has 2 amide bonds. The van der Waals surface area contributed by atoms with Crippen LogP contribution in [0.15, 0.2) is 48.5 Å². The van der Waals surface area contributed by atoms with Crippen molar-refractivity contribution in [3.63, 3.8) is 0 Å². The van der Waals surface area contributed by atoms with Gasteiger partial charge in [-0.2, -0.15) is 0 Å². The molecule has 0 aliphatic carbocycles. The molecule has 33 heavy (non-hydrogen) atoms. The molecule has 168 valence electrons. The fourth-order valence-electron chi connectivity index (χ4n) is 4.43. The molecule has 1 aliphatic rings. The van der Waals surface area contributed by atoms with Crippen LogP contribution in [0.3, 0.4) is 0 Å². The smallest absolute Gasteiger partial charge is 0.261 e. The number of rotatable bonds is 6. The summed E-state index contributed by atoms with van der Waals surface area (Å²) in [6, 6.07) is 16.2. The lowest BCUT2D eigenvalue weighted by atomic mass is 9.93. The maximum Gasteiger partial charge on any atom is 0.261 e. The molecule has 1 atom stereocenters. The van der Waals surface area contributed by atoms with Gasteiger partial charge in [-0.3, -0.25) is 14.5 Å². The van der Waals surface area contributed by atoms with Crippen molar-refractivity contribution in [1.82, 2.24) is 14.8 Å². The minimum Gasteiger partial charge on any atom is -0.308 e. The van der Waals surface area contributed by atoms with E-state index < -0.39 is 0 Å². The largest absolute Gasteiger partial charge is 0.308 e. The maximum absolute atomic E-state index is 13.4. The third kappa shape index (κ3) is 3.63. The van der Waals surface area contributed by atoms with Gasteiger partial charge in [-0.1, -0.05) is 44.2 Å². The van der Waals surface area contributed by atoms with E-state index in [1.807, 2.05) is 43.3 Å². The highest BCUT2D eigenvalue weighted by Crippen LogP contribution is 2.40. The fraction of sp³-hybridized carbons (Fsp3) is 0.296. The van der Waals surface area contributed by atoms with E-state index in [1.165, 1.54) is 10.5 Å². The third-order valence-corrected chi connectivity index (χ3v) is 7.70. The average Bonchev–Trinajstić information content (AvgIpc) is 3.26. The monoisotopic (exact) mass is 457 g/mol. The molecule has 0 saturated carbocycles. The second-order valence-corrected chi connectivity index (χ2v) is 10.0. The second kappa shape index (κ2) is 8.36. The van der Waals surface area contributed by atoms with Crippen molar-refractivity contribution in [2.24, 2.45) is 0 Å². The highest BCUT2D eigenvalue weighted by molar-refractivity contribution is 7.22.